The number of likely N-dealkylation sites (N-methyl/N-ethyl adjacent to an activating group) is 2. The number of halogens is 3. The number of hydrogen-bond acceptors (Lipinski definition) is 6. The zero-order chi connectivity index (χ0) is 27.7. The molecule has 1 atom stereocenters. The first-order valence-corrected chi connectivity index (χ1v) is 12.5. The molecule has 4 aromatic rings. The number of nitrogens with zero attached hydrogens (tertiary/aromatic N) is 6. The van der Waals surface area contributed by atoms with Crippen molar-refractivity contribution in [1.82, 2.24) is 24.9 Å². The Hall–Kier alpha value is -4.25. The number of alkyl halides is 3. The Balaban J connectivity index is 1.42. The number of amides is 1. The van der Waals surface area contributed by atoms with Crippen LogP contribution in [0.4, 0.5) is 24.5 Å². The Kier molecular flexibility index (Phi) is 7.09. The summed E-state index contributed by atoms with van der Waals surface area (Å²) in [4.78, 5) is 21.3. The molecule has 202 valence electrons. The average Bonchev–Trinajstić information content (AvgIpc) is 3.58. The second-order valence-corrected chi connectivity index (χ2v) is 9.83. The summed E-state index contributed by atoms with van der Waals surface area (Å²) in [5, 5.41) is 11.1. The van der Waals surface area contributed by atoms with Crippen molar-refractivity contribution in [3.63, 3.8) is 0 Å². The molecule has 0 spiro atoms. The zero-order valence-electron chi connectivity index (χ0n) is 21.8. The molecule has 1 amide bonds. The van der Waals surface area contributed by atoms with Crippen LogP contribution in [0.25, 0.3) is 16.9 Å². The summed E-state index contributed by atoms with van der Waals surface area (Å²) in [6.45, 7) is 3.51. The minimum absolute atomic E-state index is 0.0739. The number of anilines is 2. The number of aromatic nitrogens is 4. The number of hydrogen-bond donors (Lipinski definition) is 1. The van der Waals surface area contributed by atoms with Gasteiger partial charge >= 0.3 is 6.18 Å². The fourth-order valence-electron chi connectivity index (χ4n) is 4.72. The van der Waals surface area contributed by atoms with E-state index in [1.807, 2.05) is 24.9 Å². The van der Waals surface area contributed by atoms with E-state index in [1.54, 1.807) is 60.7 Å². The Bertz CT molecular complexity index is 1490. The monoisotopic (exact) mass is 535 g/mol. The number of benzene rings is 2. The van der Waals surface area contributed by atoms with E-state index >= 15 is 0 Å². The van der Waals surface area contributed by atoms with Gasteiger partial charge in [0, 0.05) is 54.5 Å². The van der Waals surface area contributed by atoms with Crippen molar-refractivity contribution in [3.8, 4) is 16.9 Å². The van der Waals surface area contributed by atoms with E-state index in [1.165, 1.54) is 0 Å². The molecule has 11 heteroatoms. The van der Waals surface area contributed by atoms with Crippen LogP contribution in [0.2, 0.25) is 0 Å². The van der Waals surface area contributed by atoms with Gasteiger partial charge in [-0.25, -0.2) is 4.68 Å². The first-order valence-electron chi connectivity index (χ1n) is 12.5. The highest BCUT2D eigenvalue weighted by atomic mass is 19.4. The van der Waals surface area contributed by atoms with Gasteiger partial charge in [0.1, 0.15) is 5.69 Å². The Morgan fingerprint density at radius 2 is 1.97 bits per heavy atom. The summed E-state index contributed by atoms with van der Waals surface area (Å²) in [6, 6.07) is 12.4. The minimum atomic E-state index is -4.56. The Morgan fingerprint density at radius 3 is 2.67 bits per heavy atom. The van der Waals surface area contributed by atoms with Gasteiger partial charge in [-0.1, -0.05) is 11.3 Å². The van der Waals surface area contributed by atoms with Crippen molar-refractivity contribution in [3.05, 3.63) is 83.8 Å². The Morgan fingerprint density at radius 1 is 1.15 bits per heavy atom. The molecule has 39 heavy (non-hydrogen) atoms. The molecule has 1 unspecified atom stereocenters. The lowest BCUT2D eigenvalue weighted by Gasteiger charge is -2.28. The van der Waals surface area contributed by atoms with Gasteiger partial charge in [0.25, 0.3) is 5.91 Å². The number of pyridine rings is 1. The fraction of sp³-hybridized carbons (Fsp3) is 0.286. The van der Waals surface area contributed by atoms with E-state index in [0.29, 0.717) is 17.1 Å². The molecule has 5 rings (SSSR count). The summed E-state index contributed by atoms with van der Waals surface area (Å²) in [5.41, 5.74) is 2.82. The third-order valence-electron chi connectivity index (χ3n) is 6.99. The van der Waals surface area contributed by atoms with Gasteiger partial charge in [-0.2, -0.15) is 13.2 Å². The van der Waals surface area contributed by atoms with Gasteiger partial charge in [0.05, 0.1) is 17.4 Å². The molecule has 0 bridgehead atoms. The van der Waals surface area contributed by atoms with Crippen LogP contribution in [-0.4, -0.2) is 64.0 Å². The van der Waals surface area contributed by atoms with Gasteiger partial charge in [-0.15, -0.1) is 5.10 Å². The standard InChI is InChI=1S/C28H28F3N7O/c1-18-6-7-19(11-26(18)38-17-25(34-35-38)20-5-4-9-32-15-20)27(39)33-22-12-21(28(29,30)31)13-24(14-22)37(3)23-8-10-36(2)16-23/h4-7,9,11-15,17,23H,8,10,16H2,1-3H3,(H,33,39). The van der Waals surface area contributed by atoms with Crippen molar-refractivity contribution >= 4 is 17.3 Å². The number of likely N-dealkylation sites (tertiary alicyclic amines) is 1. The molecule has 1 aliphatic heterocycles. The van der Waals surface area contributed by atoms with Crippen molar-refractivity contribution in [2.75, 3.05) is 37.4 Å². The van der Waals surface area contributed by atoms with E-state index in [9.17, 15) is 18.0 Å². The van der Waals surface area contributed by atoms with E-state index in [0.717, 1.165) is 42.8 Å². The minimum Gasteiger partial charge on any atom is -0.370 e. The maximum absolute atomic E-state index is 13.8. The maximum atomic E-state index is 13.8. The van der Waals surface area contributed by atoms with Crippen LogP contribution < -0.4 is 10.2 Å². The van der Waals surface area contributed by atoms with Gasteiger partial charge in [0.15, 0.2) is 0 Å². The first kappa shape index (κ1) is 26.4. The molecule has 1 aliphatic rings. The van der Waals surface area contributed by atoms with E-state index in [4.69, 9.17) is 0 Å². The van der Waals surface area contributed by atoms with Crippen LogP contribution in [0.5, 0.6) is 0 Å². The predicted octanol–water partition coefficient (Wildman–Crippen LogP) is 5.05. The van der Waals surface area contributed by atoms with Crippen LogP contribution in [0, 0.1) is 6.92 Å². The molecule has 0 radical (unpaired) electrons. The molecule has 0 saturated carbocycles. The lowest BCUT2D eigenvalue weighted by Crippen LogP contribution is -2.34. The second kappa shape index (κ2) is 10.5. The van der Waals surface area contributed by atoms with Gasteiger partial charge in [0.2, 0.25) is 0 Å². The Labute approximate surface area is 224 Å². The predicted molar refractivity (Wildman–Crippen MR) is 143 cm³/mol. The molecule has 8 nitrogen and oxygen atoms in total. The number of nitrogens with one attached hydrogen (secondary N) is 1. The summed E-state index contributed by atoms with van der Waals surface area (Å²) in [6.07, 6.45) is 1.37. The van der Waals surface area contributed by atoms with Gasteiger partial charge in [-0.05, 0) is 75.0 Å². The fourth-order valence-corrected chi connectivity index (χ4v) is 4.72. The molecule has 0 aliphatic carbocycles. The molecular weight excluding hydrogens is 507 g/mol. The lowest BCUT2D eigenvalue weighted by atomic mass is 10.1. The lowest BCUT2D eigenvalue weighted by molar-refractivity contribution is -0.137. The summed E-state index contributed by atoms with van der Waals surface area (Å²) < 4.78 is 42.8. The highest BCUT2D eigenvalue weighted by Crippen LogP contribution is 2.35. The van der Waals surface area contributed by atoms with Crippen LogP contribution in [0.1, 0.15) is 27.9 Å². The van der Waals surface area contributed by atoms with Crippen molar-refractivity contribution in [1.29, 1.82) is 0 Å². The SMILES string of the molecule is Cc1ccc(C(=O)Nc2cc(N(C)C3CCN(C)C3)cc(C(F)(F)F)c2)cc1-n1cc(-c2cccnc2)nn1. The smallest absolute Gasteiger partial charge is 0.370 e. The first-order chi connectivity index (χ1) is 18.6. The van der Waals surface area contributed by atoms with Crippen LogP contribution in [-0.2, 0) is 6.18 Å². The van der Waals surface area contributed by atoms with Crippen molar-refractivity contribution < 1.29 is 18.0 Å². The molecule has 1 saturated heterocycles. The summed E-state index contributed by atoms with van der Waals surface area (Å²) in [7, 11) is 3.77. The molecular formula is C28H28F3N7O. The average molecular weight is 536 g/mol. The summed E-state index contributed by atoms with van der Waals surface area (Å²) >= 11 is 0. The highest BCUT2D eigenvalue weighted by Gasteiger charge is 2.33. The van der Waals surface area contributed by atoms with Crippen LogP contribution >= 0.6 is 0 Å². The number of rotatable bonds is 6. The van der Waals surface area contributed by atoms with Crippen molar-refractivity contribution in [2.24, 2.45) is 0 Å². The quantitative estimate of drug-likeness (QED) is 0.372. The largest absolute Gasteiger partial charge is 0.416 e. The number of carbonyl (C=O) groups excluding carboxylic acids is 1. The number of aryl methyl sites for hydroxylation is 1. The molecule has 3 heterocycles. The molecule has 2 aromatic heterocycles. The van der Waals surface area contributed by atoms with Gasteiger partial charge < -0.3 is 15.1 Å². The summed E-state index contributed by atoms with van der Waals surface area (Å²) in [5.74, 6) is -0.530. The normalized spacial score (nSPS) is 15.9. The van der Waals surface area contributed by atoms with E-state index in [2.05, 4.69) is 25.5 Å². The van der Waals surface area contributed by atoms with E-state index < -0.39 is 17.6 Å². The third-order valence-corrected chi connectivity index (χ3v) is 6.99. The zero-order valence-corrected chi connectivity index (χ0v) is 21.8. The van der Waals surface area contributed by atoms with Crippen LogP contribution in [0.15, 0.2) is 67.1 Å². The maximum Gasteiger partial charge on any atom is 0.416 e. The number of carbonyl (C=O) groups is 1. The molecule has 2 aromatic carbocycles. The molecule has 1 fully saturated rings. The van der Waals surface area contributed by atoms with Gasteiger partial charge in [-0.3, -0.25) is 9.78 Å². The topological polar surface area (TPSA) is 79.2 Å². The third kappa shape index (κ3) is 5.78. The highest BCUT2D eigenvalue weighted by molar-refractivity contribution is 6.05. The second-order valence-electron chi connectivity index (χ2n) is 9.83. The van der Waals surface area contributed by atoms with Crippen molar-refractivity contribution in [2.45, 2.75) is 25.6 Å². The van der Waals surface area contributed by atoms with E-state index in [-0.39, 0.29) is 17.3 Å². The molecule has 1 N–H and O–H groups in total. The van der Waals surface area contributed by atoms with Crippen LogP contribution in [0.3, 0.4) is 0 Å².